The molecule has 2 heterocycles. The highest BCUT2D eigenvalue weighted by Gasteiger charge is 2.35. The van der Waals surface area contributed by atoms with Crippen molar-refractivity contribution in [1.29, 1.82) is 0 Å². The Kier molecular flexibility index (Phi) is 7.95. The number of methoxy groups -OCH3 is 1. The number of ether oxygens (including phenoxy) is 2. The van der Waals surface area contributed by atoms with E-state index in [1.54, 1.807) is 31.6 Å². The maximum absolute atomic E-state index is 13.3. The minimum atomic E-state index is -0.781. The molecule has 1 N–H and O–H groups in total. The van der Waals surface area contributed by atoms with E-state index in [4.69, 9.17) is 14.6 Å². The van der Waals surface area contributed by atoms with Crippen LogP contribution in [0.4, 0.5) is 0 Å². The van der Waals surface area contributed by atoms with Crippen LogP contribution in [-0.2, 0) is 4.79 Å². The van der Waals surface area contributed by atoms with E-state index in [1.165, 1.54) is 5.01 Å². The number of nitrogens with one attached hydrogen (secondary N) is 1. The maximum atomic E-state index is 13.3. The molecule has 1 aromatic heterocycles. The van der Waals surface area contributed by atoms with Gasteiger partial charge >= 0.3 is 0 Å². The summed E-state index contributed by atoms with van der Waals surface area (Å²) in [5.41, 5.74) is 2.79. The number of pyridine rings is 1. The minimum absolute atomic E-state index is 0.0660. The molecule has 36 heavy (non-hydrogen) atoms. The SMILES string of the molecule is CCOc1ccc(C2=NN(C(NC(=O)c3ccncc3)c3ccccc3)C(=O)CC2CC)cc1OC. The fourth-order valence-electron chi connectivity index (χ4n) is 4.22. The molecule has 2 atom stereocenters. The zero-order valence-corrected chi connectivity index (χ0v) is 20.7. The summed E-state index contributed by atoms with van der Waals surface area (Å²) in [5, 5.41) is 9.21. The number of rotatable bonds is 9. The van der Waals surface area contributed by atoms with E-state index < -0.39 is 6.17 Å². The van der Waals surface area contributed by atoms with E-state index in [9.17, 15) is 9.59 Å². The maximum Gasteiger partial charge on any atom is 0.253 e. The van der Waals surface area contributed by atoms with Crippen LogP contribution in [0.5, 0.6) is 11.5 Å². The molecule has 4 rings (SSSR count). The monoisotopic (exact) mass is 486 g/mol. The van der Waals surface area contributed by atoms with Crippen molar-refractivity contribution >= 4 is 17.5 Å². The number of carbonyl (C=O) groups is 2. The van der Waals surface area contributed by atoms with Crippen LogP contribution < -0.4 is 14.8 Å². The second-order valence-electron chi connectivity index (χ2n) is 8.35. The summed E-state index contributed by atoms with van der Waals surface area (Å²) in [7, 11) is 1.59. The van der Waals surface area contributed by atoms with Gasteiger partial charge in [-0.25, -0.2) is 5.01 Å². The van der Waals surface area contributed by atoms with Gasteiger partial charge in [-0.05, 0) is 49.2 Å². The molecule has 0 aliphatic carbocycles. The highest BCUT2D eigenvalue weighted by molar-refractivity contribution is 6.06. The molecule has 0 spiro atoms. The largest absolute Gasteiger partial charge is 0.493 e. The van der Waals surface area contributed by atoms with Gasteiger partial charge in [0, 0.05) is 35.9 Å². The zero-order chi connectivity index (χ0) is 25.5. The summed E-state index contributed by atoms with van der Waals surface area (Å²) in [6.45, 7) is 4.47. The third-order valence-electron chi connectivity index (χ3n) is 6.10. The van der Waals surface area contributed by atoms with E-state index in [2.05, 4.69) is 10.3 Å². The first-order valence-electron chi connectivity index (χ1n) is 12.0. The number of aromatic nitrogens is 1. The normalized spacial score (nSPS) is 16.2. The van der Waals surface area contributed by atoms with Crippen LogP contribution in [0.3, 0.4) is 0 Å². The van der Waals surface area contributed by atoms with Crippen LogP contribution in [0, 0.1) is 5.92 Å². The zero-order valence-electron chi connectivity index (χ0n) is 20.7. The van der Waals surface area contributed by atoms with Gasteiger partial charge in [-0.15, -0.1) is 0 Å². The summed E-state index contributed by atoms with van der Waals surface area (Å²) in [4.78, 5) is 30.4. The molecule has 8 heteroatoms. The lowest BCUT2D eigenvalue weighted by molar-refractivity contribution is -0.135. The summed E-state index contributed by atoms with van der Waals surface area (Å²) in [6.07, 6.45) is 3.35. The molecule has 186 valence electrons. The molecule has 0 saturated carbocycles. The van der Waals surface area contributed by atoms with Crippen LogP contribution in [0.25, 0.3) is 0 Å². The van der Waals surface area contributed by atoms with Crippen molar-refractivity contribution in [2.45, 2.75) is 32.9 Å². The molecule has 3 aromatic rings. The molecule has 2 aromatic carbocycles. The Labute approximate surface area is 210 Å². The second-order valence-corrected chi connectivity index (χ2v) is 8.35. The Morgan fingerprint density at radius 1 is 1.08 bits per heavy atom. The molecule has 8 nitrogen and oxygen atoms in total. The van der Waals surface area contributed by atoms with E-state index in [0.717, 1.165) is 23.3 Å². The predicted molar refractivity (Wildman–Crippen MR) is 137 cm³/mol. The van der Waals surface area contributed by atoms with Crippen molar-refractivity contribution in [3.8, 4) is 11.5 Å². The summed E-state index contributed by atoms with van der Waals surface area (Å²) >= 11 is 0. The van der Waals surface area contributed by atoms with Gasteiger partial charge in [0.05, 0.1) is 19.4 Å². The summed E-state index contributed by atoms with van der Waals surface area (Å²) in [6, 6.07) is 18.3. The molecule has 0 radical (unpaired) electrons. The predicted octanol–water partition coefficient (Wildman–Crippen LogP) is 4.58. The Bertz CT molecular complexity index is 1230. The average Bonchev–Trinajstić information content (AvgIpc) is 2.93. The van der Waals surface area contributed by atoms with Gasteiger partial charge in [0.15, 0.2) is 17.7 Å². The van der Waals surface area contributed by atoms with Crippen LogP contribution in [-0.4, -0.2) is 41.2 Å². The van der Waals surface area contributed by atoms with Gasteiger partial charge in [0.25, 0.3) is 5.91 Å². The highest BCUT2D eigenvalue weighted by Crippen LogP contribution is 2.33. The molecule has 1 aliphatic heterocycles. The van der Waals surface area contributed by atoms with Crippen LogP contribution in [0.15, 0.2) is 78.2 Å². The fraction of sp³-hybridized carbons (Fsp3) is 0.286. The van der Waals surface area contributed by atoms with E-state index >= 15 is 0 Å². The lowest BCUT2D eigenvalue weighted by Gasteiger charge is -2.35. The van der Waals surface area contributed by atoms with Gasteiger partial charge in [0.2, 0.25) is 5.91 Å². The molecular weight excluding hydrogens is 456 g/mol. The average molecular weight is 487 g/mol. The first-order valence-corrected chi connectivity index (χ1v) is 12.0. The number of hydrogen-bond acceptors (Lipinski definition) is 6. The quantitative estimate of drug-likeness (QED) is 0.478. The van der Waals surface area contributed by atoms with Crippen molar-refractivity contribution in [3.05, 3.63) is 89.7 Å². The Hall–Kier alpha value is -4.20. The number of benzene rings is 2. The number of hydrogen-bond donors (Lipinski definition) is 1. The number of nitrogens with zero attached hydrogens (tertiary/aromatic N) is 3. The molecule has 2 amide bonds. The molecule has 0 bridgehead atoms. The standard InChI is InChI=1S/C28H30N4O4/c1-4-19-18-25(33)32(31-26(19)22-11-12-23(36-5-2)24(17-22)35-3)27(20-9-7-6-8-10-20)30-28(34)21-13-15-29-16-14-21/h6-17,19,27H,4-5,18H2,1-3H3,(H,30,34). The van der Waals surface area contributed by atoms with E-state index in [0.29, 0.717) is 23.7 Å². The minimum Gasteiger partial charge on any atom is -0.493 e. The third kappa shape index (κ3) is 5.38. The molecule has 0 fully saturated rings. The van der Waals surface area contributed by atoms with Gasteiger partial charge in [-0.2, -0.15) is 5.10 Å². The molecule has 2 unspecified atom stereocenters. The summed E-state index contributed by atoms with van der Waals surface area (Å²) < 4.78 is 11.2. The van der Waals surface area contributed by atoms with Crippen molar-refractivity contribution in [1.82, 2.24) is 15.3 Å². The fourth-order valence-corrected chi connectivity index (χ4v) is 4.22. The van der Waals surface area contributed by atoms with Crippen molar-refractivity contribution in [3.63, 3.8) is 0 Å². The van der Waals surface area contributed by atoms with Crippen molar-refractivity contribution < 1.29 is 19.1 Å². The highest BCUT2D eigenvalue weighted by atomic mass is 16.5. The topological polar surface area (TPSA) is 93.1 Å². The van der Waals surface area contributed by atoms with Gasteiger partial charge in [-0.1, -0.05) is 37.3 Å². The second kappa shape index (κ2) is 11.5. The van der Waals surface area contributed by atoms with Gasteiger partial charge in [0.1, 0.15) is 0 Å². The smallest absolute Gasteiger partial charge is 0.253 e. The van der Waals surface area contributed by atoms with Gasteiger partial charge < -0.3 is 14.8 Å². The van der Waals surface area contributed by atoms with Gasteiger partial charge in [-0.3, -0.25) is 14.6 Å². The molecule has 1 aliphatic rings. The Morgan fingerprint density at radius 3 is 2.50 bits per heavy atom. The van der Waals surface area contributed by atoms with E-state index in [-0.39, 0.29) is 24.2 Å². The van der Waals surface area contributed by atoms with Crippen molar-refractivity contribution in [2.75, 3.05) is 13.7 Å². The van der Waals surface area contributed by atoms with Crippen LogP contribution >= 0.6 is 0 Å². The first-order chi connectivity index (χ1) is 17.5. The summed E-state index contributed by atoms with van der Waals surface area (Å²) in [5.74, 6) is 0.695. The number of carbonyl (C=O) groups excluding carboxylic acids is 2. The third-order valence-corrected chi connectivity index (χ3v) is 6.10. The van der Waals surface area contributed by atoms with E-state index in [1.807, 2.05) is 62.4 Å². The lowest BCUT2D eigenvalue weighted by atomic mass is 9.89. The number of hydrazone groups is 1. The molecule has 0 saturated heterocycles. The molecular formula is C28H30N4O4. The Morgan fingerprint density at radius 2 is 1.83 bits per heavy atom. The Balaban J connectivity index is 1.76. The van der Waals surface area contributed by atoms with Crippen LogP contribution in [0.2, 0.25) is 0 Å². The number of amides is 2. The van der Waals surface area contributed by atoms with Crippen LogP contribution in [0.1, 0.15) is 54.3 Å². The lowest BCUT2D eigenvalue weighted by Crippen LogP contribution is -2.46. The first kappa shape index (κ1) is 24.9. The van der Waals surface area contributed by atoms with Crippen molar-refractivity contribution in [2.24, 2.45) is 11.0 Å².